The zero-order valence-electron chi connectivity index (χ0n) is 15.2. The maximum atomic E-state index is 12.0. The summed E-state index contributed by atoms with van der Waals surface area (Å²) in [5.41, 5.74) is 10.6. The molecule has 1 amide bonds. The number of pyridine rings is 2. The Morgan fingerprint density at radius 1 is 1.11 bits per heavy atom. The van der Waals surface area contributed by atoms with E-state index in [1.807, 2.05) is 38.1 Å². The molecule has 7 nitrogen and oxygen atoms in total. The molecule has 1 saturated carbocycles. The van der Waals surface area contributed by atoms with Crippen molar-refractivity contribution in [3.8, 4) is 22.5 Å². The monoisotopic (exact) mass is 360 g/mol. The Balaban J connectivity index is 1.71. The van der Waals surface area contributed by atoms with Gasteiger partial charge in [0, 0.05) is 28.9 Å². The minimum atomic E-state index is 0.0284. The van der Waals surface area contributed by atoms with Gasteiger partial charge in [-0.05, 0) is 51.0 Å². The van der Waals surface area contributed by atoms with E-state index in [9.17, 15) is 4.79 Å². The Morgan fingerprint density at radius 2 is 1.89 bits per heavy atom. The number of anilines is 2. The van der Waals surface area contributed by atoms with Gasteiger partial charge in [-0.25, -0.2) is 15.0 Å². The van der Waals surface area contributed by atoms with Crippen LogP contribution in [0.5, 0.6) is 0 Å². The van der Waals surface area contributed by atoms with Crippen LogP contribution in [0.4, 0.5) is 11.5 Å². The topological polar surface area (TPSA) is 107 Å². The van der Waals surface area contributed by atoms with E-state index in [1.54, 1.807) is 12.4 Å². The van der Waals surface area contributed by atoms with Crippen molar-refractivity contribution in [2.24, 2.45) is 5.92 Å². The van der Waals surface area contributed by atoms with Crippen molar-refractivity contribution in [2.75, 3.05) is 11.1 Å². The number of amides is 1. The number of rotatable bonds is 4. The first-order chi connectivity index (χ1) is 13.0. The number of nitrogen functional groups attached to an aromatic ring is 1. The fourth-order valence-electron chi connectivity index (χ4n) is 2.89. The SMILES string of the molecule is Cc1nc(-c2ccnc(NC(=O)C3CC3)c2)cc(-c2cc(N)cnc2C)n1. The molecule has 7 heteroatoms. The molecule has 0 spiro atoms. The van der Waals surface area contributed by atoms with Gasteiger partial charge in [-0.1, -0.05) is 0 Å². The molecule has 1 aliphatic carbocycles. The van der Waals surface area contributed by atoms with E-state index in [0.717, 1.165) is 41.1 Å². The lowest BCUT2D eigenvalue weighted by Gasteiger charge is -2.10. The second-order valence-electron chi connectivity index (χ2n) is 6.78. The van der Waals surface area contributed by atoms with Crippen LogP contribution in [-0.2, 0) is 4.79 Å². The average Bonchev–Trinajstić information content (AvgIpc) is 3.49. The highest BCUT2D eigenvalue weighted by atomic mass is 16.2. The lowest BCUT2D eigenvalue weighted by atomic mass is 10.1. The van der Waals surface area contributed by atoms with Gasteiger partial charge in [0.2, 0.25) is 5.91 Å². The standard InChI is InChI=1S/C20H20N6O/c1-11-16(8-15(21)10-23-11)18-9-17(24-12(2)25-18)14-5-6-22-19(7-14)26-20(27)13-3-4-13/h5-10,13H,3-4,21H2,1-2H3,(H,22,26,27). The Bertz CT molecular complexity index is 1030. The fourth-order valence-corrected chi connectivity index (χ4v) is 2.89. The Labute approximate surface area is 157 Å². The van der Waals surface area contributed by atoms with Gasteiger partial charge in [0.15, 0.2) is 0 Å². The van der Waals surface area contributed by atoms with E-state index < -0.39 is 0 Å². The lowest BCUT2D eigenvalue weighted by molar-refractivity contribution is -0.117. The second kappa shape index (κ2) is 6.75. The number of nitrogens with two attached hydrogens (primary N) is 1. The van der Waals surface area contributed by atoms with Gasteiger partial charge in [-0.3, -0.25) is 9.78 Å². The molecule has 3 heterocycles. The molecule has 0 aromatic carbocycles. The molecular formula is C20H20N6O. The summed E-state index contributed by atoms with van der Waals surface area (Å²) in [6.45, 7) is 3.77. The summed E-state index contributed by atoms with van der Waals surface area (Å²) in [6.07, 6.45) is 5.20. The van der Waals surface area contributed by atoms with Gasteiger partial charge in [0.1, 0.15) is 11.6 Å². The minimum absolute atomic E-state index is 0.0284. The van der Waals surface area contributed by atoms with Gasteiger partial charge in [0.05, 0.1) is 23.3 Å². The Morgan fingerprint density at radius 3 is 2.67 bits per heavy atom. The third kappa shape index (κ3) is 3.76. The van der Waals surface area contributed by atoms with E-state index in [4.69, 9.17) is 5.73 Å². The molecule has 3 aromatic rings. The van der Waals surface area contributed by atoms with Gasteiger partial charge >= 0.3 is 0 Å². The number of hydrogen-bond donors (Lipinski definition) is 2. The van der Waals surface area contributed by atoms with Crippen LogP contribution in [0.15, 0.2) is 36.7 Å². The molecule has 0 bridgehead atoms. The van der Waals surface area contributed by atoms with Crippen molar-refractivity contribution in [1.29, 1.82) is 0 Å². The largest absolute Gasteiger partial charge is 0.397 e. The van der Waals surface area contributed by atoms with Crippen molar-refractivity contribution in [1.82, 2.24) is 19.9 Å². The zero-order valence-corrected chi connectivity index (χ0v) is 15.2. The average molecular weight is 360 g/mol. The molecule has 0 unspecified atom stereocenters. The predicted octanol–water partition coefficient (Wildman–Crippen LogP) is 3.15. The summed E-state index contributed by atoms with van der Waals surface area (Å²) in [7, 11) is 0. The van der Waals surface area contributed by atoms with Crippen LogP contribution < -0.4 is 11.1 Å². The molecule has 0 aliphatic heterocycles. The summed E-state index contributed by atoms with van der Waals surface area (Å²) in [6, 6.07) is 7.46. The number of hydrogen-bond acceptors (Lipinski definition) is 6. The highest BCUT2D eigenvalue weighted by Gasteiger charge is 2.29. The van der Waals surface area contributed by atoms with Crippen LogP contribution in [0, 0.1) is 19.8 Å². The van der Waals surface area contributed by atoms with Crippen molar-refractivity contribution >= 4 is 17.4 Å². The van der Waals surface area contributed by atoms with Crippen molar-refractivity contribution in [3.63, 3.8) is 0 Å². The van der Waals surface area contributed by atoms with E-state index in [0.29, 0.717) is 17.3 Å². The molecule has 1 aliphatic rings. The predicted molar refractivity (Wildman–Crippen MR) is 104 cm³/mol. The zero-order chi connectivity index (χ0) is 19.0. The Kier molecular flexibility index (Phi) is 4.27. The van der Waals surface area contributed by atoms with Gasteiger partial charge < -0.3 is 11.1 Å². The summed E-state index contributed by atoms with van der Waals surface area (Å²) in [4.78, 5) is 29.6. The number of aromatic nitrogens is 4. The number of aryl methyl sites for hydroxylation is 2. The first kappa shape index (κ1) is 17.1. The first-order valence-electron chi connectivity index (χ1n) is 8.85. The van der Waals surface area contributed by atoms with Crippen LogP contribution in [0.2, 0.25) is 0 Å². The molecule has 0 atom stereocenters. The maximum Gasteiger partial charge on any atom is 0.228 e. The molecule has 27 heavy (non-hydrogen) atoms. The van der Waals surface area contributed by atoms with E-state index in [-0.39, 0.29) is 11.8 Å². The van der Waals surface area contributed by atoms with E-state index in [2.05, 4.69) is 25.3 Å². The van der Waals surface area contributed by atoms with Crippen LogP contribution in [0.25, 0.3) is 22.5 Å². The van der Waals surface area contributed by atoms with Crippen molar-refractivity contribution in [2.45, 2.75) is 26.7 Å². The number of nitrogens with one attached hydrogen (secondary N) is 1. The fraction of sp³-hybridized carbons (Fsp3) is 0.250. The van der Waals surface area contributed by atoms with Gasteiger partial charge in [0.25, 0.3) is 0 Å². The van der Waals surface area contributed by atoms with Crippen LogP contribution in [0.1, 0.15) is 24.4 Å². The molecule has 3 aromatic heterocycles. The number of carbonyl (C=O) groups is 1. The van der Waals surface area contributed by atoms with Crippen LogP contribution >= 0.6 is 0 Å². The maximum absolute atomic E-state index is 12.0. The Hall–Kier alpha value is -3.35. The molecule has 1 fully saturated rings. The number of nitrogens with zero attached hydrogens (tertiary/aromatic N) is 4. The second-order valence-corrected chi connectivity index (χ2v) is 6.78. The summed E-state index contributed by atoms with van der Waals surface area (Å²) < 4.78 is 0. The minimum Gasteiger partial charge on any atom is -0.397 e. The quantitative estimate of drug-likeness (QED) is 0.740. The highest BCUT2D eigenvalue weighted by Crippen LogP contribution is 2.31. The van der Waals surface area contributed by atoms with Gasteiger partial charge in [-0.15, -0.1) is 0 Å². The van der Waals surface area contributed by atoms with Crippen LogP contribution in [-0.4, -0.2) is 25.8 Å². The summed E-state index contributed by atoms with van der Waals surface area (Å²) in [5.74, 6) is 1.33. The third-order valence-corrected chi connectivity index (χ3v) is 4.48. The molecular weight excluding hydrogens is 340 g/mol. The van der Waals surface area contributed by atoms with E-state index in [1.165, 1.54) is 0 Å². The first-order valence-corrected chi connectivity index (χ1v) is 8.85. The smallest absolute Gasteiger partial charge is 0.228 e. The summed E-state index contributed by atoms with van der Waals surface area (Å²) in [5, 5.41) is 2.87. The molecule has 0 saturated heterocycles. The normalized spacial score (nSPS) is 13.4. The lowest BCUT2D eigenvalue weighted by Crippen LogP contribution is -2.14. The molecule has 136 valence electrons. The van der Waals surface area contributed by atoms with Crippen LogP contribution in [0.3, 0.4) is 0 Å². The van der Waals surface area contributed by atoms with Crippen molar-refractivity contribution in [3.05, 3.63) is 48.2 Å². The highest BCUT2D eigenvalue weighted by molar-refractivity contribution is 5.93. The third-order valence-electron chi connectivity index (χ3n) is 4.48. The molecule has 4 rings (SSSR count). The van der Waals surface area contributed by atoms with Gasteiger partial charge in [-0.2, -0.15) is 0 Å². The van der Waals surface area contributed by atoms with Crippen molar-refractivity contribution < 1.29 is 4.79 Å². The van der Waals surface area contributed by atoms with E-state index >= 15 is 0 Å². The number of carbonyl (C=O) groups excluding carboxylic acids is 1. The molecule has 0 radical (unpaired) electrons. The summed E-state index contributed by atoms with van der Waals surface area (Å²) >= 11 is 0. The molecule has 3 N–H and O–H groups in total.